The number of carboxylic acid groups (broad SMARTS) is 1. The molecule has 1 heterocycles. The fraction of sp³-hybridized carbons (Fsp3) is 0.286. The van der Waals surface area contributed by atoms with Gasteiger partial charge >= 0.3 is 5.97 Å². The van der Waals surface area contributed by atoms with Crippen molar-refractivity contribution in [1.82, 2.24) is 0 Å². The van der Waals surface area contributed by atoms with Crippen LogP contribution in [0.4, 0.5) is 0 Å². The quantitative estimate of drug-likeness (QED) is 0.822. The van der Waals surface area contributed by atoms with Crippen molar-refractivity contribution in [3.63, 3.8) is 0 Å². The Morgan fingerprint density at radius 2 is 2.23 bits per heavy atom. The van der Waals surface area contributed by atoms with Gasteiger partial charge in [-0.2, -0.15) is 0 Å². The summed E-state index contributed by atoms with van der Waals surface area (Å²) in [7, 11) is -3.63. The molecule has 0 aliphatic heterocycles. The van der Waals surface area contributed by atoms with Gasteiger partial charge in [0.2, 0.25) is 0 Å². The zero-order valence-electron chi connectivity index (χ0n) is 6.85. The topological polar surface area (TPSA) is 71.4 Å². The molecule has 0 atom stereocenters. The lowest BCUT2D eigenvalue weighted by molar-refractivity contribution is -0.134. The maximum absolute atomic E-state index is 11.4. The molecular weight excluding hydrogens is 212 g/mol. The minimum Gasteiger partial charge on any atom is -0.480 e. The van der Waals surface area contributed by atoms with E-state index in [9.17, 15) is 13.2 Å². The molecule has 13 heavy (non-hydrogen) atoms. The average Bonchev–Trinajstić information content (AvgIpc) is 2.32. The van der Waals surface area contributed by atoms with Crippen LogP contribution in [0.25, 0.3) is 0 Å². The van der Waals surface area contributed by atoms with Crippen molar-refractivity contribution in [2.45, 2.75) is 11.1 Å². The Kier molecular flexibility index (Phi) is 2.72. The highest BCUT2D eigenvalue weighted by Crippen LogP contribution is 2.22. The summed E-state index contributed by atoms with van der Waals surface area (Å²) in [5, 5.41) is 9.99. The molecule has 0 aliphatic carbocycles. The van der Waals surface area contributed by atoms with E-state index in [0.29, 0.717) is 5.56 Å². The third-order valence-electron chi connectivity index (χ3n) is 1.41. The van der Waals surface area contributed by atoms with Crippen LogP contribution in [0, 0.1) is 6.92 Å². The normalized spacial score (nSPS) is 11.5. The number of thiophene rings is 1. The second-order valence-electron chi connectivity index (χ2n) is 2.54. The van der Waals surface area contributed by atoms with Gasteiger partial charge < -0.3 is 5.11 Å². The first-order chi connectivity index (χ1) is 5.93. The van der Waals surface area contributed by atoms with Crippen molar-refractivity contribution < 1.29 is 18.3 Å². The first-order valence-corrected chi connectivity index (χ1v) is 5.95. The zero-order valence-corrected chi connectivity index (χ0v) is 8.48. The van der Waals surface area contributed by atoms with Gasteiger partial charge in [0.25, 0.3) is 0 Å². The van der Waals surface area contributed by atoms with Gasteiger partial charge in [0.05, 0.1) is 0 Å². The zero-order chi connectivity index (χ0) is 10.1. The Bertz CT molecular complexity index is 415. The van der Waals surface area contributed by atoms with Crippen molar-refractivity contribution in [1.29, 1.82) is 0 Å². The van der Waals surface area contributed by atoms with E-state index in [-0.39, 0.29) is 4.21 Å². The van der Waals surface area contributed by atoms with E-state index in [4.69, 9.17) is 5.11 Å². The fourth-order valence-electron chi connectivity index (χ4n) is 0.906. The standard InChI is InChI=1S/C7H8O4S2/c1-5-2-3-12-7(5)13(10,11)4-6(8)9/h2-3H,4H2,1H3,(H,8,9). The van der Waals surface area contributed by atoms with Crippen molar-refractivity contribution >= 4 is 27.1 Å². The number of hydrogen-bond acceptors (Lipinski definition) is 4. The molecule has 0 bridgehead atoms. The molecule has 1 rings (SSSR count). The first kappa shape index (κ1) is 10.2. The molecule has 72 valence electrons. The van der Waals surface area contributed by atoms with Crippen LogP contribution >= 0.6 is 11.3 Å². The molecule has 1 aromatic rings. The van der Waals surface area contributed by atoms with Crippen LogP contribution < -0.4 is 0 Å². The Labute approximate surface area is 79.7 Å². The highest BCUT2D eigenvalue weighted by Gasteiger charge is 2.21. The van der Waals surface area contributed by atoms with E-state index in [1.807, 2.05) is 0 Å². The van der Waals surface area contributed by atoms with Gasteiger partial charge in [-0.1, -0.05) is 0 Å². The lowest BCUT2D eigenvalue weighted by Crippen LogP contribution is -2.14. The molecule has 0 unspecified atom stereocenters. The monoisotopic (exact) mass is 220 g/mol. The average molecular weight is 220 g/mol. The summed E-state index contributed by atoms with van der Waals surface area (Å²) in [4.78, 5) is 10.2. The van der Waals surface area contributed by atoms with Crippen LogP contribution in [0.15, 0.2) is 15.7 Å². The second kappa shape index (κ2) is 3.47. The Balaban J connectivity index is 3.09. The third-order valence-corrected chi connectivity index (χ3v) is 4.78. The van der Waals surface area contributed by atoms with E-state index in [1.165, 1.54) is 0 Å². The summed E-state index contributed by atoms with van der Waals surface area (Å²) in [6.07, 6.45) is 0. The minimum absolute atomic E-state index is 0.148. The van der Waals surface area contributed by atoms with Gasteiger partial charge in [-0.25, -0.2) is 8.42 Å². The van der Waals surface area contributed by atoms with Crippen molar-refractivity contribution in [3.05, 3.63) is 17.0 Å². The number of aliphatic carboxylic acids is 1. The number of sulfone groups is 1. The van der Waals surface area contributed by atoms with Gasteiger partial charge in [0, 0.05) is 0 Å². The van der Waals surface area contributed by atoms with Gasteiger partial charge in [0.1, 0.15) is 4.21 Å². The molecule has 1 aromatic heterocycles. The van der Waals surface area contributed by atoms with Crippen LogP contribution in [0.2, 0.25) is 0 Å². The number of aryl methyl sites for hydroxylation is 1. The van der Waals surface area contributed by atoms with Crippen LogP contribution in [-0.4, -0.2) is 25.2 Å². The van der Waals surface area contributed by atoms with Gasteiger partial charge in [0.15, 0.2) is 15.6 Å². The minimum atomic E-state index is -3.63. The summed E-state index contributed by atoms with van der Waals surface area (Å²) < 4.78 is 22.9. The molecule has 0 spiro atoms. The maximum atomic E-state index is 11.4. The Hall–Kier alpha value is -0.880. The van der Waals surface area contributed by atoms with Crippen molar-refractivity contribution in [2.75, 3.05) is 5.75 Å². The van der Waals surface area contributed by atoms with Crippen molar-refractivity contribution in [3.8, 4) is 0 Å². The summed E-state index contributed by atoms with van der Waals surface area (Å²) in [6.45, 7) is 1.64. The van der Waals surface area contributed by atoms with Crippen LogP contribution in [0.3, 0.4) is 0 Å². The first-order valence-electron chi connectivity index (χ1n) is 3.42. The largest absolute Gasteiger partial charge is 0.480 e. The number of carbonyl (C=O) groups is 1. The summed E-state index contributed by atoms with van der Waals surface area (Å²) in [5.41, 5.74) is 0.603. The number of hydrogen-bond donors (Lipinski definition) is 1. The molecule has 0 aliphatic rings. The Morgan fingerprint density at radius 1 is 1.62 bits per heavy atom. The van der Waals surface area contributed by atoms with E-state index >= 15 is 0 Å². The molecule has 0 saturated heterocycles. The van der Waals surface area contributed by atoms with E-state index in [0.717, 1.165) is 11.3 Å². The maximum Gasteiger partial charge on any atom is 0.319 e. The molecule has 4 nitrogen and oxygen atoms in total. The molecule has 0 amide bonds. The highest BCUT2D eigenvalue weighted by atomic mass is 32.2. The molecule has 1 N–H and O–H groups in total. The van der Waals surface area contributed by atoms with Crippen LogP contribution in [-0.2, 0) is 14.6 Å². The van der Waals surface area contributed by atoms with E-state index in [1.54, 1.807) is 18.4 Å². The van der Waals surface area contributed by atoms with Gasteiger partial charge in [-0.05, 0) is 23.9 Å². The van der Waals surface area contributed by atoms with E-state index in [2.05, 4.69) is 0 Å². The van der Waals surface area contributed by atoms with Crippen LogP contribution in [0.5, 0.6) is 0 Å². The summed E-state index contributed by atoms with van der Waals surface area (Å²) in [5.74, 6) is -2.17. The lowest BCUT2D eigenvalue weighted by atomic mass is 10.4. The molecule has 6 heteroatoms. The molecule has 0 fully saturated rings. The molecular formula is C7H8O4S2. The Morgan fingerprint density at radius 3 is 2.62 bits per heavy atom. The van der Waals surface area contributed by atoms with Gasteiger partial charge in [-0.15, -0.1) is 11.3 Å². The van der Waals surface area contributed by atoms with E-state index < -0.39 is 21.6 Å². The summed E-state index contributed by atoms with van der Waals surface area (Å²) >= 11 is 1.05. The molecule has 0 radical (unpaired) electrons. The SMILES string of the molecule is Cc1ccsc1S(=O)(=O)CC(=O)O. The second-order valence-corrected chi connectivity index (χ2v) is 5.64. The molecule has 0 saturated carbocycles. The smallest absolute Gasteiger partial charge is 0.319 e. The number of rotatable bonds is 3. The van der Waals surface area contributed by atoms with Crippen LogP contribution in [0.1, 0.15) is 5.56 Å². The fourth-order valence-corrected chi connectivity index (χ4v) is 3.50. The van der Waals surface area contributed by atoms with Crippen molar-refractivity contribution in [2.24, 2.45) is 0 Å². The molecule has 0 aromatic carbocycles. The third kappa shape index (κ3) is 2.28. The van der Waals surface area contributed by atoms with Gasteiger partial charge in [-0.3, -0.25) is 4.79 Å². The highest BCUT2D eigenvalue weighted by molar-refractivity contribution is 7.94. The lowest BCUT2D eigenvalue weighted by Gasteiger charge is -1.98. The predicted octanol–water partition coefficient (Wildman–Crippen LogP) is 0.915. The number of carboxylic acids is 1. The predicted molar refractivity (Wildman–Crippen MR) is 48.7 cm³/mol. The summed E-state index contributed by atoms with van der Waals surface area (Å²) in [6, 6.07) is 1.65.